The van der Waals surface area contributed by atoms with E-state index in [0.29, 0.717) is 32.4 Å². The van der Waals surface area contributed by atoms with Crippen molar-refractivity contribution in [3.63, 3.8) is 0 Å². The Morgan fingerprint density at radius 1 is 1.33 bits per heavy atom. The normalized spacial score (nSPS) is 20.1. The van der Waals surface area contributed by atoms with Crippen LogP contribution in [0.1, 0.15) is 51.1 Å². The van der Waals surface area contributed by atoms with Gasteiger partial charge in [-0.2, -0.15) is 0 Å². The summed E-state index contributed by atoms with van der Waals surface area (Å²) in [5.74, 6) is -0.862. The second-order valence-corrected chi connectivity index (χ2v) is 5.92. The van der Waals surface area contributed by atoms with Gasteiger partial charge in [0.1, 0.15) is 5.82 Å². The van der Waals surface area contributed by atoms with Crippen molar-refractivity contribution in [2.75, 3.05) is 13.1 Å². The van der Waals surface area contributed by atoms with Crippen LogP contribution in [0.15, 0.2) is 24.3 Å². The Morgan fingerprint density at radius 3 is 2.43 bits per heavy atom. The average molecular weight is 293 g/mol. The van der Waals surface area contributed by atoms with Gasteiger partial charge in [0.05, 0.1) is 5.41 Å². The number of hydrogen-bond acceptors (Lipinski definition) is 2. The lowest BCUT2D eigenvalue weighted by Gasteiger charge is -2.42. The fraction of sp³-hybridized carbons (Fsp3) is 0.588. The van der Waals surface area contributed by atoms with Gasteiger partial charge in [-0.25, -0.2) is 4.39 Å². The van der Waals surface area contributed by atoms with Crippen molar-refractivity contribution in [3.05, 3.63) is 35.6 Å². The molecule has 1 fully saturated rings. The Hall–Kier alpha value is -1.42. The van der Waals surface area contributed by atoms with Crippen molar-refractivity contribution in [1.29, 1.82) is 0 Å². The molecular formula is C17H24FNO2. The molecule has 0 spiro atoms. The summed E-state index contributed by atoms with van der Waals surface area (Å²) in [6.45, 7) is 5.42. The molecule has 1 heterocycles. The van der Waals surface area contributed by atoms with E-state index < -0.39 is 11.4 Å². The standard InChI is InChI=1S/C17H24FNO2/c1-3-15(13-7-5-6-8-14(13)18)19-11-9-17(4-2,10-12-19)16(20)21/h5-8,15H,3-4,9-12H2,1-2H3,(H,20,21). The number of carboxylic acid groups (broad SMARTS) is 1. The number of rotatable bonds is 5. The first kappa shape index (κ1) is 16.0. The zero-order valence-electron chi connectivity index (χ0n) is 12.8. The van der Waals surface area contributed by atoms with Gasteiger partial charge in [-0.05, 0) is 44.8 Å². The Kier molecular flexibility index (Phi) is 4.99. The molecule has 1 atom stereocenters. The SMILES string of the molecule is CCC(c1ccccc1F)N1CCC(CC)(C(=O)O)CC1. The maximum Gasteiger partial charge on any atom is 0.309 e. The van der Waals surface area contributed by atoms with Crippen LogP contribution in [-0.4, -0.2) is 29.1 Å². The molecule has 1 unspecified atom stereocenters. The molecule has 0 radical (unpaired) electrons. The Labute approximate surface area is 125 Å². The van der Waals surface area contributed by atoms with Gasteiger partial charge in [-0.1, -0.05) is 32.0 Å². The van der Waals surface area contributed by atoms with E-state index in [4.69, 9.17) is 0 Å². The molecule has 1 aliphatic rings. The molecule has 1 N–H and O–H groups in total. The van der Waals surface area contributed by atoms with Crippen LogP contribution in [0.2, 0.25) is 0 Å². The van der Waals surface area contributed by atoms with Crippen molar-refractivity contribution in [1.82, 2.24) is 4.90 Å². The minimum Gasteiger partial charge on any atom is -0.481 e. The topological polar surface area (TPSA) is 40.5 Å². The van der Waals surface area contributed by atoms with Crippen LogP contribution >= 0.6 is 0 Å². The fourth-order valence-electron chi connectivity index (χ4n) is 3.40. The van der Waals surface area contributed by atoms with Crippen LogP contribution in [0.4, 0.5) is 4.39 Å². The zero-order chi connectivity index (χ0) is 15.5. The van der Waals surface area contributed by atoms with E-state index in [2.05, 4.69) is 11.8 Å². The van der Waals surface area contributed by atoms with Crippen molar-refractivity contribution >= 4 is 5.97 Å². The molecule has 0 aliphatic carbocycles. The lowest BCUT2D eigenvalue weighted by molar-refractivity contribution is -0.152. The molecule has 1 aromatic carbocycles. The predicted octanol–water partition coefficient (Wildman–Crippen LogP) is 3.85. The maximum absolute atomic E-state index is 14.0. The van der Waals surface area contributed by atoms with Crippen molar-refractivity contribution < 1.29 is 14.3 Å². The second-order valence-electron chi connectivity index (χ2n) is 5.92. The van der Waals surface area contributed by atoms with E-state index >= 15 is 0 Å². The summed E-state index contributed by atoms with van der Waals surface area (Å²) >= 11 is 0. The number of benzene rings is 1. The van der Waals surface area contributed by atoms with E-state index in [1.165, 1.54) is 6.07 Å². The molecule has 1 aliphatic heterocycles. The summed E-state index contributed by atoms with van der Waals surface area (Å²) in [7, 11) is 0. The molecule has 2 rings (SSSR count). The van der Waals surface area contributed by atoms with Crippen molar-refractivity contribution in [3.8, 4) is 0 Å². The zero-order valence-corrected chi connectivity index (χ0v) is 12.8. The first-order valence-corrected chi connectivity index (χ1v) is 7.76. The van der Waals surface area contributed by atoms with E-state index in [1.54, 1.807) is 6.07 Å². The average Bonchev–Trinajstić information content (AvgIpc) is 2.50. The molecule has 0 aromatic heterocycles. The molecule has 0 amide bonds. The summed E-state index contributed by atoms with van der Waals surface area (Å²) < 4.78 is 14.0. The minimum atomic E-state index is -0.691. The third kappa shape index (κ3) is 3.10. The Bertz CT molecular complexity index is 495. The second kappa shape index (κ2) is 6.56. The molecule has 3 nitrogen and oxygen atoms in total. The summed E-state index contributed by atoms with van der Waals surface area (Å²) in [5, 5.41) is 9.45. The van der Waals surface area contributed by atoms with E-state index in [9.17, 15) is 14.3 Å². The van der Waals surface area contributed by atoms with Gasteiger partial charge in [0.15, 0.2) is 0 Å². The van der Waals surface area contributed by atoms with E-state index in [1.807, 2.05) is 19.1 Å². The number of nitrogens with zero attached hydrogens (tertiary/aromatic N) is 1. The first-order chi connectivity index (χ1) is 10.0. The maximum atomic E-state index is 14.0. The number of carbonyl (C=O) groups is 1. The van der Waals surface area contributed by atoms with Crippen molar-refractivity contribution in [2.24, 2.45) is 5.41 Å². The molecule has 1 aromatic rings. The Morgan fingerprint density at radius 2 is 1.95 bits per heavy atom. The van der Waals surface area contributed by atoms with Gasteiger partial charge in [0.25, 0.3) is 0 Å². The van der Waals surface area contributed by atoms with E-state index in [-0.39, 0.29) is 11.9 Å². The van der Waals surface area contributed by atoms with Gasteiger partial charge >= 0.3 is 5.97 Å². The summed E-state index contributed by atoms with van der Waals surface area (Å²) in [4.78, 5) is 13.7. The third-order valence-electron chi connectivity index (χ3n) is 4.98. The van der Waals surface area contributed by atoms with Gasteiger partial charge < -0.3 is 5.11 Å². The fourth-order valence-corrected chi connectivity index (χ4v) is 3.40. The highest BCUT2D eigenvalue weighted by molar-refractivity contribution is 5.74. The quantitative estimate of drug-likeness (QED) is 0.896. The third-order valence-corrected chi connectivity index (χ3v) is 4.98. The highest BCUT2D eigenvalue weighted by Crippen LogP contribution is 2.38. The molecular weight excluding hydrogens is 269 g/mol. The number of aliphatic carboxylic acids is 1. The Balaban J connectivity index is 2.13. The molecule has 4 heteroatoms. The van der Waals surface area contributed by atoms with Gasteiger partial charge in [0, 0.05) is 11.6 Å². The largest absolute Gasteiger partial charge is 0.481 e. The van der Waals surface area contributed by atoms with Gasteiger partial charge in [0.2, 0.25) is 0 Å². The molecule has 0 bridgehead atoms. The highest BCUT2D eigenvalue weighted by atomic mass is 19.1. The summed E-state index contributed by atoms with van der Waals surface area (Å²) in [5.41, 5.74) is 0.128. The molecule has 1 saturated heterocycles. The molecule has 116 valence electrons. The lowest BCUT2D eigenvalue weighted by atomic mass is 9.75. The lowest BCUT2D eigenvalue weighted by Crippen LogP contribution is -2.45. The van der Waals surface area contributed by atoms with Crippen LogP contribution in [0, 0.1) is 11.2 Å². The molecule has 0 saturated carbocycles. The number of piperidine rings is 1. The van der Waals surface area contributed by atoms with E-state index in [0.717, 1.165) is 12.0 Å². The first-order valence-electron chi connectivity index (χ1n) is 7.76. The number of halogens is 1. The minimum absolute atomic E-state index is 0.0369. The van der Waals surface area contributed by atoms with Crippen LogP contribution in [0.5, 0.6) is 0 Å². The predicted molar refractivity (Wildman–Crippen MR) is 80.6 cm³/mol. The highest BCUT2D eigenvalue weighted by Gasteiger charge is 2.41. The number of carboxylic acids is 1. The van der Waals surface area contributed by atoms with Crippen LogP contribution in [-0.2, 0) is 4.79 Å². The number of likely N-dealkylation sites (tertiary alicyclic amines) is 1. The van der Waals surface area contributed by atoms with Crippen molar-refractivity contribution in [2.45, 2.75) is 45.6 Å². The van der Waals surface area contributed by atoms with Crippen LogP contribution in [0.25, 0.3) is 0 Å². The summed E-state index contributed by atoms with van der Waals surface area (Å²) in [6.07, 6.45) is 2.77. The smallest absolute Gasteiger partial charge is 0.309 e. The monoisotopic (exact) mass is 293 g/mol. The summed E-state index contributed by atoms with van der Waals surface area (Å²) in [6, 6.07) is 6.93. The van der Waals surface area contributed by atoms with Gasteiger partial charge in [-0.3, -0.25) is 9.69 Å². The van der Waals surface area contributed by atoms with Crippen LogP contribution < -0.4 is 0 Å². The van der Waals surface area contributed by atoms with Gasteiger partial charge in [-0.15, -0.1) is 0 Å². The number of hydrogen-bond donors (Lipinski definition) is 1. The molecule has 21 heavy (non-hydrogen) atoms. The van der Waals surface area contributed by atoms with Crippen LogP contribution in [0.3, 0.4) is 0 Å².